The van der Waals surface area contributed by atoms with Crippen LogP contribution >= 0.6 is 22.9 Å². The van der Waals surface area contributed by atoms with Crippen LogP contribution < -0.4 is 5.32 Å². The second-order valence-corrected chi connectivity index (χ2v) is 8.12. The zero-order valence-corrected chi connectivity index (χ0v) is 16.4. The highest BCUT2D eigenvalue weighted by atomic mass is 35.5. The molecule has 2 heterocycles. The highest BCUT2D eigenvalue weighted by molar-refractivity contribution is 7.18. The number of aromatic nitrogens is 2. The van der Waals surface area contributed by atoms with E-state index >= 15 is 0 Å². The van der Waals surface area contributed by atoms with Gasteiger partial charge in [0.15, 0.2) is 0 Å². The van der Waals surface area contributed by atoms with E-state index in [9.17, 15) is 14.4 Å². The Morgan fingerprint density at radius 1 is 1.11 bits per heavy atom. The molecule has 0 bridgehead atoms. The van der Waals surface area contributed by atoms with Crippen molar-refractivity contribution in [2.75, 3.05) is 11.9 Å². The zero-order valence-electron chi connectivity index (χ0n) is 14.8. The summed E-state index contributed by atoms with van der Waals surface area (Å²) in [5.74, 6) is -1.20. The third-order valence-electron chi connectivity index (χ3n) is 4.92. The maximum Gasteiger partial charge on any atom is 0.233 e. The van der Waals surface area contributed by atoms with Gasteiger partial charge in [0.1, 0.15) is 5.01 Å². The highest BCUT2D eigenvalue weighted by Crippen LogP contribution is 2.35. The molecule has 2 atom stereocenters. The van der Waals surface area contributed by atoms with E-state index in [0.717, 1.165) is 5.56 Å². The molecule has 1 aromatic heterocycles. The lowest BCUT2D eigenvalue weighted by molar-refractivity contribution is -0.140. The number of hydrogen-bond donors (Lipinski definition) is 1. The molecular weight excluding hydrogens is 400 g/mol. The van der Waals surface area contributed by atoms with Gasteiger partial charge in [0.25, 0.3) is 0 Å². The molecule has 7 nitrogen and oxygen atoms in total. The summed E-state index contributed by atoms with van der Waals surface area (Å²) in [4.78, 5) is 38.3. The summed E-state index contributed by atoms with van der Waals surface area (Å²) in [5, 5.41) is 12.4. The van der Waals surface area contributed by atoms with Gasteiger partial charge in [0.2, 0.25) is 22.9 Å². The summed E-state index contributed by atoms with van der Waals surface area (Å²) in [6, 6.07) is 7.17. The van der Waals surface area contributed by atoms with Crippen LogP contribution in [0.15, 0.2) is 36.4 Å². The first-order valence-electron chi connectivity index (χ1n) is 8.92. The van der Waals surface area contributed by atoms with Crippen molar-refractivity contribution in [2.45, 2.75) is 19.3 Å². The highest BCUT2D eigenvalue weighted by Gasteiger charge is 2.46. The number of imide groups is 1. The van der Waals surface area contributed by atoms with Gasteiger partial charge < -0.3 is 5.32 Å². The summed E-state index contributed by atoms with van der Waals surface area (Å²) in [5.41, 5.74) is 0.854. The van der Waals surface area contributed by atoms with Gasteiger partial charge in [-0.15, -0.1) is 10.2 Å². The van der Waals surface area contributed by atoms with Crippen molar-refractivity contribution in [3.05, 3.63) is 41.4 Å². The molecule has 2 aromatic rings. The molecule has 0 radical (unpaired) electrons. The molecule has 2 aliphatic rings. The summed E-state index contributed by atoms with van der Waals surface area (Å²) in [7, 11) is 0. The van der Waals surface area contributed by atoms with Gasteiger partial charge in [0.05, 0.1) is 11.8 Å². The van der Waals surface area contributed by atoms with Crippen LogP contribution in [0, 0.1) is 11.8 Å². The Morgan fingerprint density at radius 3 is 2.39 bits per heavy atom. The third-order valence-corrected chi connectivity index (χ3v) is 6.06. The number of nitrogens with one attached hydrogen (secondary N) is 1. The fraction of sp³-hybridized carbons (Fsp3) is 0.316. The van der Waals surface area contributed by atoms with E-state index < -0.39 is 0 Å². The number of nitrogens with zero attached hydrogens (tertiary/aromatic N) is 3. The van der Waals surface area contributed by atoms with Gasteiger partial charge in [-0.1, -0.05) is 47.2 Å². The Balaban J connectivity index is 1.33. The largest absolute Gasteiger partial charge is 0.300 e. The second kappa shape index (κ2) is 7.81. The minimum absolute atomic E-state index is 0.0280. The van der Waals surface area contributed by atoms with Crippen LogP contribution in [-0.4, -0.2) is 39.4 Å². The SMILES string of the molecule is O=C(CCN1C(=O)[C@H]2CC=CC[C@H]2C1=O)Nc1nnc(-c2ccc(Cl)cc2)s1. The molecule has 9 heteroatoms. The van der Waals surface area contributed by atoms with E-state index in [1.807, 2.05) is 24.3 Å². The van der Waals surface area contributed by atoms with Crippen molar-refractivity contribution in [3.8, 4) is 10.6 Å². The number of hydrogen-bond acceptors (Lipinski definition) is 6. The fourth-order valence-corrected chi connectivity index (χ4v) is 4.36. The van der Waals surface area contributed by atoms with Gasteiger partial charge in [-0.3, -0.25) is 19.3 Å². The Bertz CT molecular complexity index is 930. The molecular formula is C19H17ClN4O3S. The van der Waals surface area contributed by atoms with E-state index in [2.05, 4.69) is 15.5 Å². The number of carbonyl (C=O) groups excluding carboxylic acids is 3. The van der Waals surface area contributed by atoms with Crippen LogP contribution in [0.3, 0.4) is 0 Å². The second-order valence-electron chi connectivity index (χ2n) is 6.70. The first kappa shape index (κ1) is 18.8. The van der Waals surface area contributed by atoms with Gasteiger partial charge in [0, 0.05) is 23.6 Å². The van der Waals surface area contributed by atoms with Crippen molar-refractivity contribution in [1.82, 2.24) is 15.1 Å². The molecule has 1 aliphatic carbocycles. The molecule has 0 saturated carbocycles. The smallest absolute Gasteiger partial charge is 0.233 e. The quantitative estimate of drug-likeness (QED) is 0.597. The molecule has 0 unspecified atom stereocenters. The number of fused-ring (bicyclic) bond motifs is 1. The first-order chi connectivity index (χ1) is 13.5. The Kier molecular flexibility index (Phi) is 5.23. The lowest BCUT2D eigenvalue weighted by Gasteiger charge is -2.14. The predicted octanol–water partition coefficient (Wildman–Crippen LogP) is 3.14. The molecule has 1 N–H and O–H groups in total. The van der Waals surface area contributed by atoms with E-state index in [1.165, 1.54) is 16.2 Å². The van der Waals surface area contributed by atoms with Crippen LogP contribution in [-0.2, 0) is 14.4 Å². The lowest BCUT2D eigenvalue weighted by Crippen LogP contribution is -2.34. The molecule has 28 heavy (non-hydrogen) atoms. The standard InChI is InChI=1S/C19H17ClN4O3S/c20-12-7-5-11(6-8-12)16-22-23-19(28-16)21-15(25)9-10-24-17(26)13-3-1-2-4-14(13)18(24)27/h1-2,5-8,13-14H,3-4,9-10H2,(H,21,23,25)/t13-,14+. The average Bonchev–Trinajstić information content (AvgIpc) is 3.25. The van der Waals surface area contributed by atoms with Crippen molar-refractivity contribution < 1.29 is 14.4 Å². The monoisotopic (exact) mass is 416 g/mol. The number of halogens is 1. The number of carbonyl (C=O) groups is 3. The molecule has 0 spiro atoms. The molecule has 4 rings (SSSR count). The maximum absolute atomic E-state index is 12.4. The number of likely N-dealkylation sites (tertiary alicyclic amines) is 1. The van der Waals surface area contributed by atoms with E-state index in [4.69, 9.17) is 11.6 Å². The van der Waals surface area contributed by atoms with Crippen LogP contribution in [0.25, 0.3) is 10.6 Å². The normalized spacial score (nSPS) is 21.1. The topological polar surface area (TPSA) is 92.3 Å². The molecule has 1 aliphatic heterocycles. The maximum atomic E-state index is 12.4. The summed E-state index contributed by atoms with van der Waals surface area (Å²) >= 11 is 7.12. The summed E-state index contributed by atoms with van der Waals surface area (Å²) in [6.07, 6.45) is 5.10. The van der Waals surface area contributed by atoms with Gasteiger partial charge >= 0.3 is 0 Å². The number of amides is 3. The van der Waals surface area contributed by atoms with Gasteiger partial charge in [-0.25, -0.2) is 0 Å². The van der Waals surface area contributed by atoms with E-state index in [1.54, 1.807) is 12.1 Å². The molecule has 1 fully saturated rings. The average molecular weight is 417 g/mol. The Hall–Kier alpha value is -2.58. The molecule has 3 amide bonds. The molecule has 144 valence electrons. The van der Waals surface area contributed by atoms with Crippen molar-refractivity contribution in [3.63, 3.8) is 0 Å². The molecule has 1 aromatic carbocycles. The van der Waals surface area contributed by atoms with Crippen LogP contribution in [0.1, 0.15) is 19.3 Å². The van der Waals surface area contributed by atoms with E-state index in [0.29, 0.717) is 28.0 Å². The number of allylic oxidation sites excluding steroid dienone is 2. The fourth-order valence-electron chi connectivity index (χ4n) is 3.47. The summed E-state index contributed by atoms with van der Waals surface area (Å²) < 4.78 is 0. The minimum Gasteiger partial charge on any atom is -0.300 e. The van der Waals surface area contributed by atoms with Crippen molar-refractivity contribution in [1.29, 1.82) is 0 Å². The lowest BCUT2D eigenvalue weighted by atomic mass is 9.85. The zero-order chi connectivity index (χ0) is 19.7. The first-order valence-corrected chi connectivity index (χ1v) is 10.1. The van der Waals surface area contributed by atoms with Crippen molar-refractivity contribution >= 4 is 45.8 Å². The van der Waals surface area contributed by atoms with E-state index in [-0.39, 0.29) is 42.5 Å². The molecule has 1 saturated heterocycles. The van der Waals surface area contributed by atoms with Gasteiger partial charge in [-0.2, -0.15) is 0 Å². The van der Waals surface area contributed by atoms with Gasteiger partial charge in [-0.05, 0) is 25.0 Å². The number of anilines is 1. The van der Waals surface area contributed by atoms with Crippen LogP contribution in [0.5, 0.6) is 0 Å². The predicted molar refractivity (Wildman–Crippen MR) is 106 cm³/mol. The Labute approximate surface area is 170 Å². The minimum atomic E-state index is -0.313. The number of benzene rings is 1. The van der Waals surface area contributed by atoms with Crippen LogP contribution in [0.4, 0.5) is 5.13 Å². The number of rotatable bonds is 5. The van der Waals surface area contributed by atoms with Crippen LogP contribution in [0.2, 0.25) is 5.02 Å². The Morgan fingerprint density at radius 2 is 1.75 bits per heavy atom. The van der Waals surface area contributed by atoms with Crippen molar-refractivity contribution in [2.24, 2.45) is 11.8 Å². The third kappa shape index (κ3) is 3.70. The summed E-state index contributed by atoms with van der Waals surface area (Å²) in [6.45, 7) is 0.0827.